The van der Waals surface area contributed by atoms with Crippen LogP contribution in [0.15, 0.2) is 49.4 Å². The van der Waals surface area contributed by atoms with Gasteiger partial charge in [-0.25, -0.2) is 9.37 Å². The lowest BCUT2D eigenvalue weighted by atomic mass is 10.3. The van der Waals surface area contributed by atoms with Crippen molar-refractivity contribution in [1.82, 2.24) is 9.97 Å². The molecule has 0 N–H and O–H groups in total. The number of carbonyl (C=O) groups excluding carboxylic acids is 1. The second-order valence-corrected chi connectivity index (χ2v) is 3.83. The zero-order valence-electron chi connectivity index (χ0n) is 10.6. The predicted molar refractivity (Wildman–Crippen MR) is 72.4 cm³/mol. The molecule has 0 fully saturated rings. The summed E-state index contributed by atoms with van der Waals surface area (Å²) in [5.41, 5.74) is -0.390. The molecule has 2 rings (SSSR count). The average Bonchev–Trinajstić information content (AvgIpc) is 2.49. The Balaban J connectivity index is 2.59. The van der Waals surface area contributed by atoms with E-state index >= 15 is 0 Å². The summed E-state index contributed by atoms with van der Waals surface area (Å²) < 4.78 is 13.8. The lowest BCUT2D eigenvalue weighted by molar-refractivity contribution is -0.384. The molecule has 1 amide bonds. The number of amides is 1. The van der Waals surface area contributed by atoms with E-state index in [0.717, 1.165) is 29.4 Å². The van der Waals surface area contributed by atoms with Gasteiger partial charge in [-0.2, -0.15) is 0 Å². The Hall–Kier alpha value is -3.16. The number of aromatic nitrogens is 2. The van der Waals surface area contributed by atoms with E-state index in [-0.39, 0.29) is 17.2 Å². The number of rotatable bonds is 4. The first kappa shape index (κ1) is 14.3. The molecule has 106 valence electrons. The predicted octanol–water partition coefficient (Wildman–Crippen LogP) is 2.37. The monoisotopic (exact) mass is 288 g/mol. The van der Waals surface area contributed by atoms with E-state index < -0.39 is 16.6 Å². The molecule has 0 aliphatic carbocycles. The third-order valence-corrected chi connectivity index (χ3v) is 2.56. The van der Waals surface area contributed by atoms with E-state index in [0.29, 0.717) is 0 Å². The minimum absolute atomic E-state index is 0.0841. The zero-order chi connectivity index (χ0) is 15.4. The van der Waals surface area contributed by atoms with Crippen molar-refractivity contribution < 1.29 is 14.1 Å². The summed E-state index contributed by atoms with van der Waals surface area (Å²) in [5.74, 6) is -1.52. The molecule has 7 nitrogen and oxygen atoms in total. The number of halogens is 1. The van der Waals surface area contributed by atoms with Crippen LogP contribution in [0.3, 0.4) is 0 Å². The molecule has 2 aromatic heterocycles. The summed E-state index contributed by atoms with van der Waals surface area (Å²) in [6, 6.07) is 3.50. The van der Waals surface area contributed by atoms with Crippen LogP contribution in [-0.4, -0.2) is 20.8 Å². The second kappa shape index (κ2) is 5.87. The van der Waals surface area contributed by atoms with Crippen molar-refractivity contribution in [2.45, 2.75) is 0 Å². The molecule has 0 aromatic carbocycles. The van der Waals surface area contributed by atoms with Crippen LogP contribution in [0.4, 0.5) is 21.6 Å². The Morgan fingerprint density at radius 2 is 2.19 bits per heavy atom. The van der Waals surface area contributed by atoms with Crippen LogP contribution in [0.1, 0.15) is 0 Å². The maximum absolute atomic E-state index is 13.8. The Morgan fingerprint density at radius 1 is 1.43 bits per heavy atom. The van der Waals surface area contributed by atoms with Gasteiger partial charge in [0, 0.05) is 18.5 Å². The van der Waals surface area contributed by atoms with Gasteiger partial charge >= 0.3 is 0 Å². The van der Waals surface area contributed by atoms with Crippen LogP contribution in [0, 0.1) is 15.9 Å². The van der Waals surface area contributed by atoms with Crippen LogP contribution < -0.4 is 4.90 Å². The molecule has 0 bridgehead atoms. The van der Waals surface area contributed by atoms with Crippen molar-refractivity contribution in [2.75, 3.05) is 4.90 Å². The molecule has 0 aliphatic rings. The lowest BCUT2D eigenvalue weighted by Gasteiger charge is -2.20. The largest absolute Gasteiger partial charge is 0.274 e. The molecule has 21 heavy (non-hydrogen) atoms. The summed E-state index contributed by atoms with van der Waals surface area (Å²) in [5, 5.41) is 10.8. The number of nitro groups is 1. The van der Waals surface area contributed by atoms with E-state index in [1.807, 2.05) is 0 Å². The van der Waals surface area contributed by atoms with Gasteiger partial charge in [0.2, 0.25) is 0 Å². The van der Waals surface area contributed by atoms with E-state index in [4.69, 9.17) is 0 Å². The van der Waals surface area contributed by atoms with Gasteiger partial charge in [-0.1, -0.05) is 6.58 Å². The van der Waals surface area contributed by atoms with E-state index in [1.165, 1.54) is 18.3 Å². The van der Waals surface area contributed by atoms with Gasteiger partial charge in [0.05, 0.1) is 22.9 Å². The lowest BCUT2D eigenvalue weighted by Crippen LogP contribution is -2.25. The molecule has 0 saturated carbocycles. The van der Waals surface area contributed by atoms with E-state index in [2.05, 4.69) is 16.5 Å². The minimum Gasteiger partial charge on any atom is -0.269 e. The van der Waals surface area contributed by atoms with Crippen LogP contribution >= 0.6 is 0 Å². The van der Waals surface area contributed by atoms with Gasteiger partial charge in [0.1, 0.15) is 5.82 Å². The van der Waals surface area contributed by atoms with Crippen molar-refractivity contribution >= 4 is 23.1 Å². The number of pyridine rings is 2. The quantitative estimate of drug-likeness (QED) is 0.489. The number of carbonyl (C=O) groups is 1. The van der Waals surface area contributed by atoms with Crippen molar-refractivity contribution in [3.8, 4) is 0 Å². The van der Waals surface area contributed by atoms with Crippen LogP contribution in [0.2, 0.25) is 0 Å². The zero-order valence-corrected chi connectivity index (χ0v) is 10.6. The van der Waals surface area contributed by atoms with Crippen LogP contribution in [-0.2, 0) is 4.79 Å². The Kier molecular flexibility index (Phi) is 3.98. The average molecular weight is 288 g/mol. The topological polar surface area (TPSA) is 89.2 Å². The molecule has 0 radical (unpaired) electrons. The molecule has 0 aliphatic heterocycles. The Bertz CT molecular complexity index is 720. The third-order valence-electron chi connectivity index (χ3n) is 2.56. The highest BCUT2D eigenvalue weighted by Gasteiger charge is 2.22. The molecule has 2 heterocycles. The Labute approximate surface area is 118 Å². The number of hydrogen-bond acceptors (Lipinski definition) is 5. The maximum Gasteiger partial charge on any atom is 0.274 e. The highest BCUT2D eigenvalue weighted by Crippen LogP contribution is 2.28. The molecule has 0 atom stereocenters. The highest BCUT2D eigenvalue weighted by molar-refractivity contribution is 6.06. The van der Waals surface area contributed by atoms with Crippen molar-refractivity contribution in [2.24, 2.45) is 0 Å². The molecule has 2 aromatic rings. The Morgan fingerprint density at radius 3 is 2.81 bits per heavy atom. The standard InChI is InChI=1S/C13H9FN4O3/c1-2-13(19)17(11-4-5-15-8-10(11)14)12-7-9(18(20)21)3-6-16-12/h2-8H,1H2. The maximum atomic E-state index is 13.8. The fraction of sp³-hybridized carbons (Fsp3) is 0. The molecule has 8 heteroatoms. The fourth-order valence-corrected chi connectivity index (χ4v) is 1.64. The van der Waals surface area contributed by atoms with Gasteiger partial charge in [-0.15, -0.1) is 0 Å². The van der Waals surface area contributed by atoms with Crippen LogP contribution in [0.5, 0.6) is 0 Å². The van der Waals surface area contributed by atoms with Gasteiger partial charge in [-0.05, 0) is 12.1 Å². The first-order chi connectivity index (χ1) is 10.0. The second-order valence-electron chi connectivity index (χ2n) is 3.83. The minimum atomic E-state index is -0.763. The van der Waals surface area contributed by atoms with Gasteiger partial charge in [0.25, 0.3) is 11.6 Å². The molecular weight excluding hydrogens is 279 g/mol. The summed E-state index contributed by atoms with van der Waals surface area (Å²) in [7, 11) is 0. The SMILES string of the molecule is C=CC(=O)N(c1cc([N+](=O)[O-])ccn1)c1ccncc1F. The first-order valence-corrected chi connectivity index (χ1v) is 5.71. The summed E-state index contributed by atoms with van der Waals surface area (Å²) in [4.78, 5) is 30.5. The van der Waals surface area contributed by atoms with Crippen LogP contribution in [0.25, 0.3) is 0 Å². The van der Waals surface area contributed by atoms with Gasteiger partial charge in [0.15, 0.2) is 5.82 Å². The molecular formula is C13H9FN4O3. The summed E-state index contributed by atoms with van der Waals surface area (Å²) >= 11 is 0. The third kappa shape index (κ3) is 2.89. The van der Waals surface area contributed by atoms with Gasteiger partial charge in [-0.3, -0.25) is 24.8 Å². The number of nitrogens with zero attached hydrogens (tertiary/aromatic N) is 4. The van der Waals surface area contributed by atoms with Gasteiger partial charge < -0.3 is 0 Å². The number of anilines is 2. The smallest absolute Gasteiger partial charge is 0.269 e. The van der Waals surface area contributed by atoms with Crippen molar-refractivity contribution in [1.29, 1.82) is 0 Å². The van der Waals surface area contributed by atoms with Crippen molar-refractivity contribution in [3.63, 3.8) is 0 Å². The van der Waals surface area contributed by atoms with Crippen molar-refractivity contribution in [3.05, 3.63) is 65.4 Å². The molecule has 0 spiro atoms. The number of hydrogen-bond donors (Lipinski definition) is 0. The van der Waals surface area contributed by atoms with E-state index in [1.54, 1.807) is 0 Å². The normalized spacial score (nSPS) is 9.95. The fourth-order valence-electron chi connectivity index (χ4n) is 1.64. The van der Waals surface area contributed by atoms with E-state index in [9.17, 15) is 19.3 Å². The molecule has 0 saturated heterocycles. The summed E-state index contributed by atoms with van der Waals surface area (Å²) in [6.45, 7) is 3.33. The highest BCUT2D eigenvalue weighted by atomic mass is 19.1. The first-order valence-electron chi connectivity index (χ1n) is 5.71. The molecule has 0 unspecified atom stereocenters. The summed E-state index contributed by atoms with van der Waals surface area (Å²) in [6.07, 6.45) is 4.34.